The van der Waals surface area contributed by atoms with Crippen molar-refractivity contribution in [3.05, 3.63) is 52.7 Å². The first-order valence-electron chi connectivity index (χ1n) is 5.73. The van der Waals surface area contributed by atoms with Gasteiger partial charge in [0.25, 0.3) is 0 Å². The molecule has 18 heavy (non-hydrogen) atoms. The minimum Gasteiger partial charge on any atom is -0.143 e. The fourth-order valence-corrected chi connectivity index (χ4v) is 4.67. The lowest BCUT2D eigenvalue weighted by Crippen LogP contribution is -1.57. The van der Waals surface area contributed by atoms with Crippen LogP contribution in [0.25, 0.3) is 25.6 Å². The highest BCUT2D eigenvalue weighted by atomic mass is 32.1. The summed E-state index contributed by atoms with van der Waals surface area (Å²) in [6.45, 7) is 2.05. The highest BCUT2D eigenvalue weighted by molar-refractivity contribution is 7.26. The Kier molecular flexibility index (Phi) is 3.46. The Hall–Kier alpha value is -1.16. The molecule has 0 N–H and O–H groups in total. The molecule has 0 unspecified atom stereocenters. The second-order valence-electron chi connectivity index (χ2n) is 3.84. The van der Waals surface area contributed by atoms with E-state index in [1.165, 1.54) is 24.4 Å². The molecular weight excluding hydrogens is 276 g/mol. The lowest BCUT2D eigenvalue weighted by atomic mass is 10.3. The van der Waals surface area contributed by atoms with Gasteiger partial charge in [-0.15, -0.1) is 34.0 Å². The van der Waals surface area contributed by atoms with E-state index in [0.29, 0.717) is 0 Å². The van der Waals surface area contributed by atoms with Gasteiger partial charge in [-0.1, -0.05) is 12.1 Å². The van der Waals surface area contributed by atoms with Gasteiger partial charge in [-0.3, -0.25) is 0 Å². The summed E-state index contributed by atoms with van der Waals surface area (Å²) < 4.78 is 0. The average Bonchev–Trinajstić information content (AvgIpc) is 3.10. The van der Waals surface area contributed by atoms with Gasteiger partial charge in [-0.25, -0.2) is 0 Å². The van der Waals surface area contributed by atoms with Crippen LogP contribution in [0.3, 0.4) is 0 Å². The molecule has 0 amide bonds. The molecule has 0 spiro atoms. The van der Waals surface area contributed by atoms with Crippen molar-refractivity contribution in [2.75, 3.05) is 0 Å². The molecule has 0 saturated heterocycles. The van der Waals surface area contributed by atoms with Gasteiger partial charge in [-0.2, -0.15) is 0 Å². The fraction of sp³-hybridized carbons (Fsp3) is 0.0667. The molecule has 3 aromatic heterocycles. The van der Waals surface area contributed by atoms with E-state index in [9.17, 15) is 0 Å². The Balaban J connectivity index is 1.92. The Morgan fingerprint density at radius 1 is 0.833 bits per heavy atom. The minimum absolute atomic E-state index is 1.32. The molecule has 0 nitrogen and oxygen atoms in total. The quantitative estimate of drug-likeness (QED) is 0.535. The third-order valence-corrected chi connectivity index (χ3v) is 5.97. The van der Waals surface area contributed by atoms with Crippen LogP contribution in [0.4, 0.5) is 0 Å². The second-order valence-corrected chi connectivity index (χ2v) is 6.99. The van der Waals surface area contributed by atoms with Crippen LogP contribution in [-0.2, 0) is 0 Å². The number of hydrogen-bond donors (Lipinski definition) is 0. The molecule has 0 aromatic carbocycles. The van der Waals surface area contributed by atoms with Gasteiger partial charge < -0.3 is 0 Å². The summed E-state index contributed by atoms with van der Waals surface area (Å²) >= 11 is 5.52. The highest BCUT2D eigenvalue weighted by Gasteiger charge is 2.07. The normalized spacial score (nSPS) is 11.4. The van der Waals surface area contributed by atoms with Gasteiger partial charge in [0, 0.05) is 24.4 Å². The average molecular weight is 288 g/mol. The highest BCUT2D eigenvalue weighted by Crippen LogP contribution is 2.39. The Labute approximate surface area is 119 Å². The lowest BCUT2D eigenvalue weighted by molar-refractivity contribution is 1.78. The van der Waals surface area contributed by atoms with E-state index >= 15 is 0 Å². The van der Waals surface area contributed by atoms with Crippen molar-refractivity contribution in [1.82, 2.24) is 0 Å². The Morgan fingerprint density at radius 3 is 2.28 bits per heavy atom. The summed E-state index contributed by atoms with van der Waals surface area (Å²) in [7, 11) is 0. The van der Waals surface area contributed by atoms with Crippen LogP contribution in [0.15, 0.2) is 47.9 Å². The van der Waals surface area contributed by atoms with E-state index < -0.39 is 0 Å². The molecule has 0 aliphatic carbocycles. The zero-order valence-electron chi connectivity index (χ0n) is 9.92. The fourth-order valence-electron chi connectivity index (χ4n) is 1.76. The van der Waals surface area contributed by atoms with Gasteiger partial charge in [0.15, 0.2) is 0 Å². The standard InChI is InChI=1S/C15H12S3/c1-2-4-11-6-7-14(17-11)15-9-8-13(18-15)12-5-3-10-16-12/h2-10H,1H3. The molecule has 3 heteroatoms. The molecule has 0 aliphatic heterocycles. The maximum Gasteiger partial charge on any atom is 0.0449 e. The molecule has 0 saturated carbocycles. The van der Waals surface area contributed by atoms with E-state index in [0.717, 1.165) is 0 Å². The molecule has 0 radical (unpaired) electrons. The zero-order chi connectivity index (χ0) is 12.4. The Bertz CT molecular complexity index is 654. The molecular formula is C15H12S3. The van der Waals surface area contributed by atoms with Gasteiger partial charge in [0.2, 0.25) is 0 Å². The number of allylic oxidation sites excluding steroid dienone is 1. The zero-order valence-corrected chi connectivity index (χ0v) is 12.4. The summed E-state index contributed by atoms with van der Waals surface area (Å²) in [6, 6.07) is 13.1. The first kappa shape index (κ1) is 11.9. The molecule has 3 aromatic rings. The van der Waals surface area contributed by atoms with Crippen LogP contribution < -0.4 is 0 Å². The van der Waals surface area contributed by atoms with E-state index in [4.69, 9.17) is 0 Å². The Morgan fingerprint density at radius 2 is 1.56 bits per heavy atom. The summed E-state index contributed by atoms with van der Waals surface area (Å²) in [5, 5.41) is 2.13. The summed E-state index contributed by atoms with van der Waals surface area (Å²) in [5.41, 5.74) is 0. The van der Waals surface area contributed by atoms with Crippen molar-refractivity contribution in [1.29, 1.82) is 0 Å². The van der Waals surface area contributed by atoms with Gasteiger partial charge in [0.1, 0.15) is 0 Å². The van der Waals surface area contributed by atoms with Crippen LogP contribution in [-0.4, -0.2) is 0 Å². The van der Waals surface area contributed by atoms with Crippen LogP contribution in [0.2, 0.25) is 0 Å². The monoisotopic (exact) mass is 288 g/mol. The van der Waals surface area contributed by atoms with E-state index in [-0.39, 0.29) is 0 Å². The van der Waals surface area contributed by atoms with Crippen molar-refractivity contribution in [2.45, 2.75) is 6.92 Å². The molecule has 0 bridgehead atoms. The molecule has 0 fully saturated rings. The molecule has 3 rings (SSSR count). The minimum atomic E-state index is 1.32. The van der Waals surface area contributed by atoms with Gasteiger partial charge in [-0.05, 0) is 48.7 Å². The summed E-state index contributed by atoms with van der Waals surface area (Å²) in [5.74, 6) is 0. The summed E-state index contributed by atoms with van der Waals surface area (Å²) in [4.78, 5) is 6.76. The molecule has 0 atom stereocenters. The smallest absolute Gasteiger partial charge is 0.0449 e. The van der Waals surface area contributed by atoms with Crippen molar-refractivity contribution in [3.8, 4) is 19.5 Å². The van der Waals surface area contributed by atoms with Crippen LogP contribution >= 0.6 is 34.0 Å². The lowest BCUT2D eigenvalue weighted by Gasteiger charge is -1.90. The molecule has 0 aliphatic rings. The first-order chi connectivity index (χ1) is 8.86. The SMILES string of the molecule is CC=Cc1ccc(-c2ccc(-c3cccs3)s2)s1. The van der Waals surface area contributed by atoms with E-state index in [2.05, 4.69) is 60.9 Å². The first-order valence-corrected chi connectivity index (χ1v) is 8.25. The summed E-state index contributed by atoms with van der Waals surface area (Å²) in [6.07, 6.45) is 4.24. The number of rotatable bonds is 3. The maximum absolute atomic E-state index is 2.23. The third-order valence-electron chi connectivity index (χ3n) is 2.57. The molecule has 3 heterocycles. The van der Waals surface area contributed by atoms with Crippen molar-refractivity contribution in [2.24, 2.45) is 0 Å². The van der Waals surface area contributed by atoms with Gasteiger partial charge in [0.05, 0.1) is 0 Å². The largest absolute Gasteiger partial charge is 0.143 e. The van der Waals surface area contributed by atoms with Crippen molar-refractivity contribution >= 4 is 40.1 Å². The maximum atomic E-state index is 2.23. The predicted octanol–water partition coefficient (Wildman–Crippen LogP) is 6.24. The van der Waals surface area contributed by atoms with E-state index in [1.807, 2.05) is 22.7 Å². The van der Waals surface area contributed by atoms with Gasteiger partial charge >= 0.3 is 0 Å². The third kappa shape index (κ3) is 2.34. The molecule has 90 valence electrons. The number of thiophene rings is 3. The predicted molar refractivity (Wildman–Crippen MR) is 85.7 cm³/mol. The van der Waals surface area contributed by atoms with Crippen molar-refractivity contribution < 1.29 is 0 Å². The second kappa shape index (κ2) is 5.22. The number of hydrogen-bond acceptors (Lipinski definition) is 3. The van der Waals surface area contributed by atoms with Crippen LogP contribution in [0.5, 0.6) is 0 Å². The van der Waals surface area contributed by atoms with Crippen LogP contribution in [0, 0.1) is 0 Å². The van der Waals surface area contributed by atoms with Crippen molar-refractivity contribution in [3.63, 3.8) is 0 Å². The topological polar surface area (TPSA) is 0 Å². The van der Waals surface area contributed by atoms with Crippen LogP contribution in [0.1, 0.15) is 11.8 Å². The van der Waals surface area contributed by atoms with E-state index in [1.54, 1.807) is 11.3 Å².